The predicted octanol–water partition coefficient (Wildman–Crippen LogP) is 5.48. The molecule has 0 spiro atoms. The second kappa shape index (κ2) is 14.1. The van der Waals surface area contributed by atoms with E-state index in [9.17, 15) is 10.2 Å². The summed E-state index contributed by atoms with van der Waals surface area (Å²) in [5, 5.41) is 24.5. The molecule has 1 aliphatic rings. The molecule has 0 unspecified atom stereocenters. The highest BCUT2D eigenvalue weighted by molar-refractivity contribution is 6.99. The minimum Gasteiger partial charge on any atom is -0.407 e. The molecule has 4 aromatic carbocycles. The Hall–Kier alpha value is -3.10. The Bertz CT molecular complexity index is 1340. The summed E-state index contributed by atoms with van der Waals surface area (Å²) in [6.45, 7) is 7.81. The van der Waals surface area contributed by atoms with Gasteiger partial charge >= 0.3 is 0 Å². The number of aliphatic hydroxyl groups excluding tert-OH is 2. The highest BCUT2D eigenvalue weighted by atomic mass is 28.4. The molecule has 0 bridgehead atoms. The van der Waals surface area contributed by atoms with E-state index in [4.69, 9.17) is 13.9 Å². The van der Waals surface area contributed by atoms with Gasteiger partial charge in [0.15, 0.2) is 0 Å². The molecule has 0 saturated heterocycles. The molecular formula is C37H44O5Si. The van der Waals surface area contributed by atoms with Crippen molar-refractivity contribution in [3.63, 3.8) is 0 Å². The largest absolute Gasteiger partial charge is 0.407 e. The summed E-state index contributed by atoms with van der Waals surface area (Å²) < 4.78 is 20.3. The van der Waals surface area contributed by atoms with E-state index in [0.29, 0.717) is 26.2 Å². The first-order chi connectivity index (χ1) is 20.8. The van der Waals surface area contributed by atoms with Crippen LogP contribution in [0.15, 0.2) is 121 Å². The quantitative estimate of drug-likeness (QED) is 0.225. The average Bonchev–Trinajstić information content (AvgIpc) is 3.03. The van der Waals surface area contributed by atoms with Crippen LogP contribution in [-0.2, 0) is 27.1 Å². The maximum absolute atomic E-state index is 11.2. The third-order valence-corrected chi connectivity index (χ3v) is 13.6. The zero-order valence-corrected chi connectivity index (χ0v) is 26.4. The number of aliphatic hydroxyl groups is 2. The molecule has 5 nitrogen and oxygen atoms in total. The fourth-order valence-electron chi connectivity index (χ4n) is 6.38. The van der Waals surface area contributed by atoms with Gasteiger partial charge in [-0.05, 0) is 33.0 Å². The number of hydrogen-bond acceptors (Lipinski definition) is 5. The molecule has 0 amide bonds. The Morgan fingerprint density at radius 2 is 1.05 bits per heavy atom. The highest BCUT2D eigenvalue weighted by Crippen LogP contribution is 2.39. The van der Waals surface area contributed by atoms with Crippen molar-refractivity contribution in [1.82, 2.24) is 0 Å². The summed E-state index contributed by atoms with van der Waals surface area (Å²) in [6, 6.07) is 41.0. The predicted molar refractivity (Wildman–Crippen MR) is 174 cm³/mol. The van der Waals surface area contributed by atoms with Gasteiger partial charge < -0.3 is 24.1 Å². The van der Waals surface area contributed by atoms with E-state index in [-0.39, 0.29) is 11.0 Å². The van der Waals surface area contributed by atoms with Gasteiger partial charge in [0.05, 0.1) is 25.4 Å². The van der Waals surface area contributed by atoms with Crippen LogP contribution in [0.1, 0.15) is 38.3 Å². The first-order valence-corrected chi connectivity index (χ1v) is 17.1. The minimum absolute atomic E-state index is 0.188. The first-order valence-electron chi connectivity index (χ1n) is 15.2. The van der Waals surface area contributed by atoms with Crippen LogP contribution in [0.5, 0.6) is 0 Å². The van der Waals surface area contributed by atoms with Gasteiger partial charge in [-0.2, -0.15) is 0 Å². The van der Waals surface area contributed by atoms with Crippen LogP contribution in [0.25, 0.3) is 0 Å². The van der Waals surface area contributed by atoms with E-state index in [1.807, 2.05) is 72.8 Å². The average molecular weight is 597 g/mol. The van der Waals surface area contributed by atoms with Crippen molar-refractivity contribution in [2.75, 3.05) is 6.61 Å². The highest BCUT2D eigenvalue weighted by Gasteiger charge is 2.52. The van der Waals surface area contributed by atoms with Crippen molar-refractivity contribution in [3.05, 3.63) is 132 Å². The summed E-state index contributed by atoms with van der Waals surface area (Å²) >= 11 is 0. The van der Waals surface area contributed by atoms with E-state index < -0.39 is 32.7 Å². The third-order valence-electron chi connectivity index (χ3n) is 8.56. The van der Waals surface area contributed by atoms with Crippen LogP contribution in [0.3, 0.4) is 0 Å². The zero-order chi connectivity index (χ0) is 30.3. The molecular weight excluding hydrogens is 552 g/mol. The van der Waals surface area contributed by atoms with Crippen molar-refractivity contribution in [3.8, 4) is 0 Å². The SMILES string of the molecule is CC(C)(C)[Si](OC[C@H]1C[C@@H](O)[C@@H](O)[C@@H](OCc2ccccc2)[C@@H]1OCc1ccccc1)(c1ccccc1)c1ccccc1. The molecule has 0 radical (unpaired) electrons. The minimum atomic E-state index is -2.82. The van der Waals surface area contributed by atoms with Crippen LogP contribution in [-0.4, -0.2) is 49.6 Å². The van der Waals surface area contributed by atoms with Crippen molar-refractivity contribution in [2.45, 2.75) is 69.9 Å². The Balaban J connectivity index is 1.48. The van der Waals surface area contributed by atoms with E-state index in [0.717, 1.165) is 11.1 Å². The summed E-state index contributed by atoms with van der Waals surface area (Å²) in [6.07, 6.45) is -2.89. The van der Waals surface area contributed by atoms with Crippen molar-refractivity contribution < 1.29 is 24.1 Å². The normalized spacial score (nSPS) is 22.8. The fraction of sp³-hybridized carbons (Fsp3) is 0.351. The van der Waals surface area contributed by atoms with Crippen molar-refractivity contribution >= 4 is 18.7 Å². The van der Waals surface area contributed by atoms with Crippen LogP contribution < -0.4 is 10.4 Å². The Kier molecular flexibility index (Phi) is 10.3. The summed E-state index contributed by atoms with van der Waals surface area (Å²) in [4.78, 5) is 0. The maximum atomic E-state index is 11.2. The Morgan fingerprint density at radius 1 is 0.628 bits per heavy atom. The Morgan fingerprint density at radius 3 is 1.49 bits per heavy atom. The zero-order valence-electron chi connectivity index (χ0n) is 25.4. The smallest absolute Gasteiger partial charge is 0.261 e. The van der Waals surface area contributed by atoms with Gasteiger partial charge in [-0.3, -0.25) is 0 Å². The molecule has 0 heterocycles. The van der Waals surface area contributed by atoms with Crippen LogP contribution in [0.2, 0.25) is 5.04 Å². The van der Waals surface area contributed by atoms with Gasteiger partial charge in [0.25, 0.3) is 8.32 Å². The van der Waals surface area contributed by atoms with Crippen LogP contribution >= 0.6 is 0 Å². The summed E-state index contributed by atoms with van der Waals surface area (Å²) in [5.74, 6) is -0.204. The number of benzene rings is 4. The van der Waals surface area contributed by atoms with Gasteiger partial charge in [0.1, 0.15) is 12.2 Å². The van der Waals surface area contributed by atoms with Crippen molar-refractivity contribution in [1.29, 1.82) is 0 Å². The lowest BCUT2D eigenvalue weighted by molar-refractivity contribution is -0.205. The lowest BCUT2D eigenvalue weighted by Gasteiger charge is -2.47. The third kappa shape index (κ3) is 7.18. The van der Waals surface area contributed by atoms with Crippen LogP contribution in [0, 0.1) is 5.92 Å². The van der Waals surface area contributed by atoms with Crippen molar-refractivity contribution in [2.24, 2.45) is 5.92 Å². The number of rotatable bonds is 11. The lowest BCUT2D eigenvalue weighted by atomic mass is 9.81. The van der Waals surface area contributed by atoms with E-state index in [1.165, 1.54) is 10.4 Å². The van der Waals surface area contributed by atoms with Gasteiger partial charge in [-0.1, -0.05) is 142 Å². The molecule has 1 fully saturated rings. The molecule has 5 rings (SSSR count). The summed E-state index contributed by atoms with van der Waals surface area (Å²) in [7, 11) is -2.82. The second-order valence-corrected chi connectivity index (χ2v) is 16.9. The fourth-order valence-corrected chi connectivity index (χ4v) is 11.0. The standard InChI is InChI=1S/C37H44O5Si/c1-37(2,3)43(31-20-12-6-13-21-31,32-22-14-7-15-23-32)42-27-30-24-33(38)34(39)36(41-26-29-18-10-5-11-19-29)35(30)40-25-28-16-8-4-9-17-28/h4-23,30,33-36,38-39H,24-27H2,1-3H3/t30-,33-,34-,35-,36-/m1/s1. The molecule has 4 aromatic rings. The maximum Gasteiger partial charge on any atom is 0.261 e. The molecule has 5 atom stereocenters. The number of hydrogen-bond donors (Lipinski definition) is 2. The topological polar surface area (TPSA) is 68.2 Å². The van der Waals surface area contributed by atoms with Gasteiger partial charge in [0, 0.05) is 12.5 Å². The molecule has 2 N–H and O–H groups in total. The molecule has 1 saturated carbocycles. The van der Waals surface area contributed by atoms with Gasteiger partial charge in [-0.15, -0.1) is 0 Å². The molecule has 0 aliphatic heterocycles. The second-order valence-electron chi connectivity index (χ2n) is 12.6. The molecule has 0 aromatic heterocycles. The van der Waals surface area contributed by atoms with Gasteiger partial charge in [-0.25, -0.2) is 0 Å². The van der Waals surface area contributed by atoms with E-state index in [1.54, 1.807) is 0 Å². The lowest BCUT2D eigenvalue weighted by Crippen LogP contribution is -2.67. The van der Waals surface area contributed by atoms with E-state index >= 15 is 0 Å². The van der Waals surface area contributed by atoms with Gasteiger partial charge in [0.2, 0.25) is 0 Å². The first kappa shape index (κ1) is 31.3. The van der Waals surface area contributed by atoms with E-state index in [2.05, 4.69) is 69.3 Å². The molecule has 43 heavy (non-hydrogen) atoms. The van der Waals surface area contributed by atoms with Crippen LogP contribution in [0.4, 0.5) is 0 Å². The molecule has 226 valence electrons. The number of ether oxygens (including phenoxy) is 2. The Labute approximate surface area is 257 Å². The summed E-state index contributed by atoms with van der Waals surface area (Å²) in [5.41, 5.74) is 2.04. The molecule has 1 aliphatic carbocycles. The molecule has 6 heteroatoms. The monoisotopic (exact) mass is 596 g/mol.